The Hall–Kier alpha value is -2.70. The molecule has 1 aromatic heterocycles. The Morgan fingerprint density at radius 3 is 2.68 bits per heavy atom. The number of carbonyl (C=O) groups excluding carboxylic acids is 3. The van der Waals surface area contributed by atoms with Crippen LogP contribution in [0.3, 0.4) is 0 Å². The number of ketones is 1. The molecule has 0 unspecified atom stereocenters. The standard InChI is InChI=1S/C15H18N4O3/c1-10(20)2-5-14(21)16-6-7-17-15(22)11-3-4-12-13(8-11)19-9-18-12/h3-4,8-9H,2,5-7H2,1H3,(H,16,21)(H,17,22)(H,18,19). The van der Waals surface area contributed by atoms with Crippen LogP contribution in [0.5, 0.6) is 0 Å². The Kier molecular flexibility index (Phi) is 5.24. The minimum absolute atomic E-state index is 0.0161. The summed E-state index contributed by atoms with van der Waals surface area (Å²) in [7, 11) is 0. The van der Waals surface area contributed by atoms with Crippen LogP contribution in [0.2, 0.25) is 0 Å². The summed E-state index contributed by atoms with van der Waals surface area (Å²) in [6.07, 6.45) is 1.99. The highest BCUT2D eigenvalue weighted by Crippen LogP contribution is 2.11. The quantitative estimate of drug-likeness (QED) is 0.657. The van der Waals surface area contributed by atoms with Crippen LogP contribution in [0.25, 0.3) is 11.0 Å². The molecular formula is C15H18N4O3. The van der Waals surface area contributed by atoms with Gasteiger partial charge in [-0.2, -0.15) is 0 Å². The largest absolute Gasteiger partial charge is 0.354 e. The summed E-state index contributed by atoms with van der Waals surface area (Å²) in [5.74, 6) is -0.421. The minimum atomic E-state index is -0.213. The van der Waals surface area contributed by atoms with E-state index in [-0.39, 0.29) is 30.4 Å². The first kappa shape index (κ1) is 15.7. The van der Waals surface area contributed by atoms with Crippen molar-refractivity contribution in [3.8, 4) is 0 Å². The highest BCUT2D eigenvalue weighted by molar-refractivity contribution is 5.97. The maximum Gasteiger partial charge on any atom is 0.251 e. The number of H-pyrrole nitrogens is 1. The number of nitrogens with zero attached hydrogens (tertiary/aromatic N) is 1. The SMILES string of the molecule is CC(=O)CCC(=O)NCCNC(=O)c1ccc2nc[nH]c2c1. The molecule has 0 aliphatic carbocycles. The van der Waals surface area contributed by atoms with Crippen LogP contribution in [0.1, 0.15) is 30.1 Å². The molecule has 0 saturated heterocycles. The number of aromatic amines is 1. The number of benzene rings is 1. The number of fused-ring (bicyclic) bond motifs is 1. The van der Waals surface area contributed by atoms with Gasteiger partial charge in [0.1, 0.15) is 5.78 Å². The third kappa shape index (κ3) is 4.41. The summed E-state index contributed by atoms with van der Waals surface area (Å²) >= 11 is 0. The van der Waals surface area contributed by atoms with Crippen molar-refractivity contribution in [1.82, 2.24) is 20.6 Å². The van der Waals surface area contributed by atoms with Gasteiger partial charge >= 0.3 is 0 Å². The van der Waals surface area contributed by atoms with Crippen molar-refractivity contribution in [3.63, 3.8) is 0 Å². The van der Waals surface area contributed by atoms with Crippen molar-refractivity contribution in [1.29, 1.82) is 0 Å². The summed E-state index contributed by atoms with van der Waals surface area (Å²) < 4.78 is 0. The first-order valence-corrected chi connectivity index (χ1v) is 7.04. The van der Waals surface area contributed by atoms with Gasteiger partial charge in [0.2, 0.25) is 5.91 Å². The number of hydrogen-bond acceptors (Lipinski definition) is 4. The molecule has 22 heavy (non-hydrogen) atoms. The Morgan fingerprint density at radius 2 is 1.91 bits per heavy atom. The van der Waals surface area contributed by atoms with Crippen LogP contribution < -0.4 is 10.6 Å². The van der Waals surface area contributed by atoms with E-state index in [4.69, 9.17) is 0 Å². The minimum Gasteiger partial charge on any atom is -0.354 e. The van der Waals surface area contributed by atoms with E-state index in [0.29, 0.717) is 18.7 Å². The Balaban J connectivity index is 1.73. The predicted octanol–water partition coefficient (Wildman–Crippen LogP) is 0.778. The highest BCUT2D eigenvalue weighted by Gasteiger charge is 2.07. The smallest absolute Gasteiger partial charge is 0.251 e. The summed E-state index contributed by atoms with van der Waals surface area (Å²) in [6, 6.07) is 5.19. The van der Waals surface area contributed by atoms with Crippen LogP contribution >= 0.6 is 0 Å². The molecule has 2 rings (SSSR count). The van der Waals surface area contributed by atoms with Gasteiger partial charge in [-0.25, -0.2) is 4.98 Å². The molecule has 0 spiro atoms. The molecule has 0 fully saturated rings. The lowest BCUT2D eigenvalue weighted by atomic mass is 10.2. The zero-order chi connectivity index (χ0) is 15.9. The highest BCUT2D eigenvalue weighted by atomic mass is 16.2. The van der Waals surface area contributed by atoms with E-state index in [2.05, 4.69) is 20.6 Å². The van der Waals surface area contributed by atoms with Crippen LogP contribution in [0.4, 0.5) is 0 Å². The average molecular weight is 302 g/mol. The fourth-order valence-corrected chi connectivity index (χ4v) is 1.93. The van der Waals surface area contributed by atoms with Gasteiger partial charge in [0.25, 0.3) is 5.91 Å². The van der Waals surface area contributed by atoms with Gasteiger partial charge in [-0.3, -0.25) is 9.59 Å². The topological polar surface area (TPSA) is 104 Å². The monoisotopic (exact) mass is 302 g/mol. The van der Waals surface area contributed by atoms with Gasteiger partial charge in [-0.15, -0.1) is 0 Å². The Morgan fingerprint density at radius 1 is 1.14 bits per heavy atom. The van der Waals surface area contributed by atoms with Gasteiger partial charge in [-0.1, -0.05) is 0 Å². The zero-order valence-electron chi connectivity index (χ0n) is 12.3. The first-order valence-electron chi connectivity index (χ1n) is 7.04. The van der Waals surface area contributed by atoms with Crippen LogP contribution in [-0.4, -0.2) is 40.7 Å². The lowest BCUT2D eigenvalue weighted by molar-refractivity contribution is -0.124. The number of amides is 2. The number of carbonyl (C=O) groups is 3. The summed E-state index contributed by atoms with van der Waals surface area (Å²) in [5, 5.41) is 5.37. The van der Waals surface area contributed by atoms with E-state index in [9.17, 15) is 14.4 Å². The second-order valence-corrected chi connectivity index (χ2v) is 4.94. The van der Waals surface area contributed by atoms with Crippen LogP contribution in [0.15, 0.2) is 24.5 Å². The third-order valence-electron chi connectivity index (χ3n) is 3.12. The first-order chi connectivity index (χ1) is 10.6. The molecule has 0 aliphatic heterocycles. The van der Waals surface area contributed by atoms with Crippen molar-refractivity contribution in [3.05, 3.63) is 30.1 Å². The molecule has 0 bridgehead atoms. The maximum atomic E-state index is 12.0. The second kappa shape index (κ2) is 7.35. The van der Waals surface area contributed by atoms with E-state index in [1.54, 1.807) is 24.5 Å². The normalized spacial score (nSPS) is 10.4. The van der Waals surface area contributed by atoms with Crippen molar-refractivity contribution in [2.45, 2.75) is 19.8 Å². The molecule has 7 nitrogen and oxygen atoms in total. The second-order valence-electron chi connectivity index (χ2n) is 4.94. The number of rotatable bonds is 7. The number of Topliss-reactive ketones (excluding diaryl/α,β-unsaturated/α-hetero) is 1. The van der Waals surface area contributed by atoms with Crippen LogP contribution in [-0.2, 0) is 9.59 Å². The van der Waals surface area contributed by atoms with Crippen molar-refractivity contribution in [2.24, 2.45) is 0 Å². The van der Waals surface area contributed by atoms with E-state index in [0.717, 1.165) is 11.0 Å². The molecule has 2 aromatic rings. The summed E-state index contributed by atoms with van der Waals surface area (Å²) in [4.78, 5) is 41.1. The number of hydrogen-bond donors (Lipinski definition) is 3. The maximum absolute atomic E-state index is 12.0. The Bertz CT molecular complexity index is 693. The fourth-order valence-electron chi connectivity index (χ4n) is 1.93. The van der Waals surface area contributed by atoms with Gasteiger partial charge < -0.3 is 20.4 Å². The number of imidazole rings is 1. The molecule has 3 N–H and O–H groups in total. The number of nitrogens with one attached hydrogen (secondary N) is 3. The Labute approximate surface area is 127 Å². The van der Waals surface area contributed by atoms with E-state index >= 15 is 0 Å². The predicted molar refractivity (Wildman–Crippen MR) is 81.4 cm³/mol. The third-order valence-corrected chi connectivity index (χ3v) is 3.12. The van der Waals surface area contributed by atoms with Crippen LogP contribution in [0, 0.1) is 0 Å². The van der Waals surface area contributed by atoms with Gasteiger partial charge in [0.05, 0.1) is 17.4 Å². The molecule has 116 valence electrons. The molecule has 0 aliphatic rings. The van der Waals surface area contributed by atoms with Gasteiger partial charge in [-0.05, 0) is 25.1 Å². The van der Waals surface area contributed by atoms with E-state index in [1.165, 1.54) is 6.92 Å². The molecule has 0 atom stereocenters. The summed E-state index contributed by atoms with van der Waals surface area (Å²) in [5.41, 5.74) is 2.12. The molecule has 0 radical (unpaired) electrons. The van der Waals surface area contributed by atoms with E-state index < -0.39 is 0 Å². The van der Waals surface area contributed by atoms with Gasteiger partial charge in [0.15, 0.2) is 0 Å². The molecule has 0 saturated carbocycles. The summed E-state index contributed by atoms with van der Waals surface area (Å²) in [6.45, 7) is 2.10. The zero-order valence-corrected chi connectivity index (χ0v) is 12.3. The van der Waals surface area contributed by atoms with Crippen molar-refractivity contribution in [2.75, 3.05) is 13.1 Å². The fraction of sp³-hybridized carbons (Fsp3) is 0.333. The number of aromatic nitrogens is 2. The molecule has 1 heterocycles. The molecule has 2 amide bonds. The van der Waals surface area contributed by atoms with Gasteiger partial charge in [0, 0.05) is 31.5 Å². The molecule has 7 heteroatoms. The van der Waals surface area contributed by atoms with Crippen molar-refractivity contribution < 1.29 is 14.4 Å². The molecule has 1 aromatic carbocycles. The van der Waals surface area contributed by atoms with Crippen molar-refractivity contribution >= 4 is 28.6 Å². The lowest BCUT2D eigenvalue weighted by Gasteiger charge is -2.07. The average Bonchev–Trinajstić information content (AvgIpc) is 2.96. The van der Waals surface area contributed by atoms with E-state index in [1.807, 2.05) is 0 Å². The molecular weight excluding hydrogens is 284 g/mol. The lowest BCUT2D eigenvalue weighted by Crippen LogP contribution is -2.34.